The number of hydrogen-bond acceptors (Lipinski definition) is 3. The van der Waals surface area contributed by atoms with Gasteiger partial charge in [0.2, 0.25) is 10.0 Å². The lowest BCUT2D eigenvalue weighted by molar-refractivity contribution is 0.206. The van der Waals surface area contributed by atoms with Crippen LogP contribution in [0.1, 0.15) is 32.1 Å². The molecule has 0 aromatic carbocycles. The van der Waals surface area contributed by atoms with E-state index >= 15 is 0 Å². The fraction of sp³-hybridized carbons (Fsp3) is 1.00. The van der Waals surface area contributed by atoms with Gasteiger partial charge < -0.3 is 5.11 Å². The summed E-state index contributed by atoms with van der Waals surface area (Å²) in [7, 11) is -3.59. The summed E-state index contributed by atoms with van der Waals surface area (Å²) in [5, 5.41) is 14.1. The molecule has 0 atom stereocenters. The summed E-state index contributed by atoms with van der Waals surface area (Å²) >= 11 is 0. The molecule has 1 rings (SSSR count). The van der Waals surface area contributed by atoms with Gasteiger partial charge >= 0.3 is 0 Å². The van der Waals surface area contributed by atoms with Gasteiger partial charge in [0, 0.05) is 0 Å². The lowest BCUT2D eigenvalue weighted by Gasteiger charge is -2.32. The minimum absolute atomic E-state index is 0.341. The number of aliphatic hydroxyl groups excluding tert-OH is 1. The van der Waals surface area contributed by atoms with Gasteiger partial charge in [-0.15, -0.1) is 0 Å². The fourth-order valence-corrected chi connectivity index (χ4v) is 2.77. The lowest BCUT2D eigenvalue weighted by atomic mass is 9.89. The van der Waals surface area contributed by atoms with Gasteiger partial charge in [0.15, 0.2) is 0 Å². The third kappa shape index (κ3) is 1.62. The van der Waals surface area contributed by atoms with Gasteiger partial charge in [-0.3, -0.25) is 0 Å². The van der Waals surface area contributed by atoms with Crippen molar-refractivity contribution < 1.29 is 13.5 Å². The van der Waals surface area contributed by atoms with Crippen molar-refractivity contribution in [3.8, 4) is 0 Å². The Morgan fingerprint density at radius 3 is 2.00 bits per heavy atom. The molecule has 1 aliphatic rings. The molecular formula is C7H15NO3S. The van der Waals surface area contributed by atoms with Crippen LogP contribution >= 0.6 is 0 Å². The standard InChI is InChI=1S/C7H15NO3S/c8-12(10,11)7(6-9)4-2-1-3-5-7/h9H,1-6H2,(H2,8,10,11). The van der Waals surface area contributed by atoms with E-state index in [9.17, 15) is 8.42 Å². The predicted octanol–water partition coefficient (Wildman–Crippen LogP) is -0.0299. The van der Waals surface area contributed by atoms with Gasteiger partial charge in [0.1, 0.15) is 4.75 Å². The summed E-state index contributed by atoms with van der Waals surface area (Å²) in [5.74, 6) is 0. The number of primary sulfonamides is 1. The van der Waals surface area contributed by atoms with Gasteiger partial charge in [0.25, 0.3) is 0 Å². The smallest absolute Gasteiger partial charge is 0.217 e. The largest absolute Gasteiger partial charge is 0.395 e. The van der Waals surface area contributed by atoms with Gasteiger partial charge in [0.05, 0.1) is 6.61 Å². The highest BCUT2D eigenvalue weighted by Crippen LogP contribution is 2.33. The zero-order chi connectivity index (χ0) is 9.24. The number of rotatable bonds is 2. The number of nitrogens with two attached hydrogens (primary N) is 1. The molecule has 4 nitrogen and oxygen atoms in total. The fourth-order valence-electron chi connectivity index (χ4n) is 1.73. The van der Waals surface area contributed by atoms with Crippen molar-refractivity contribution in [3.63, 3.8) is 0 Å². The highest BCUT2D eigenvalue weighted by atomic mass is 32.2. The number of hydrogen-bond donors (Lipinski definition) is 2. The van der Waals surface area contributed by atoms with Crippen molar-refractivity contribution in [2.24, 2.45) is 5.14 Å². The Morgan fingerprint density at radius 1 is 1.25 bits per heavy atom. The monoisotopic (exact) mass is 193 g/mol. The Labute approximate surface area is 72.8 Å². The van der Waals surface area contributed by atoms with Crippen molar-refractivity contribution in [2.45, 2.75) is 36.9 Å². The van der Waals surface area contributed by atoms with Crippen LogP contribution in [0.25, 0.3) is 0 Å². The maximum atomic E-state index is 11.2. The van der Waals surface area contributed by atoms with E-state index in [0.29, 0.717) is 12.8 Å². The Morgan fingerprint density at radius 2 is 1.75 bits per heavy atom. The SMILES string of the molecule is NS(=O)(=O)C1(CO)CCCCC1. The second-order valence-corrected chi connectivity index (χ2v) is 5.40. The van der Waals surface area contributed by atoms with Crippen LogP contribution in [0, 0.1) is 0 Å². The molecule has 0 radical (unpaired) electrons. The average Bonchev–Trinajstić information content (AvgIpc) is 2.04. The minimum atomic E-state index is -3.59. The summed E-state index contributed by atoms with van der Waals surface area (Å²) in [6.07, 6.45) is 3.73. The molecule has 0 bridgehead atoms. The first-order valence-corrected chi connectivity index (χ1v) is 5.70. The van der Waals surface area contributed by atoms with Gasteiger partial charge in [-0.2, -0.15) is 0 Å². The van der Waals surface area contributed by atoms with Crippen molar-refractivity contribution in [2.75, 3.05) is 6.61 Å². The zero-order valence-corrected chi connectivity index (χ0v) is 7.81. The zero-order valence-electron chi connectivity index (χ0n) is 6.99. The van der Waals surface area contributed by atoms with Gasteiger partial charge in [-0.1, -0.05) is 19.3 Å². The van der Waals surface area contributed by atoms with Crippen molar-refractivity contribution in [1.29, 1.82) is 0 Å². The predicted molar refractivity (Wildman–Crippen MR) is 46.0 cm³/mol. The van der Waals surface area contributed by atoms with E-state index in [1.165, 1.54) is 0 Å². The Balaban J connectivity index is 2.88. The highest BCUT2D eigenvalue weighted by molar-refractivity contribution is 7.90. The quantitative estimate of drug-likeness (QED) is 0.646. The molecule has 72 valence electrons. The van der Waals surface area contributed by atoms with E-state index in [0.717, 1.165) is 19.3 Å². The summed E-state index contributed by atoms with van der Waals surface area (Å²) < 4.78 is 21.3. The summed E-state index contributed by atoms with van der Waals surface area (Å²) in [5.41, 5.74) is 0. The van der Waals surface area contributed by atoms with Crippen molar-refractivity contribution in [1.82, 2.24) is 0 Å². The molecule has 0 amide bonds. The number of sulfonamides is 1. The summed E-state index contributed by atoms with van der Waals surface area (Å²) in [4.78, 5) is 0. The van der Waals surface area contributed by atoms with Crippen LogP contribution in [0.3, 0.4) is 0 Å². The van der Waals surface area contributed by atoms with E-state index in [1.807, 2.05) is 0 Å². The minimum Gasteiger partial charge on any atom is -0.395 e. The van der Waals surface area contributed by atoms with Crippen molar-refractivity contribution in [3.05, 3.63) is 0 Å². The molecule has 3 N–H and O–H groups in total. The average molecular weight is 193 g/mol. The second-order valence-electron chi connectivity index (χ2n) is 3.45. The first-order chi connectivity index (χ1) is 5.52. The second kappa shape index (κ2) is 3.32. The van der Waals surface area contributed by atoms with Gasteiger partial charge in [-0.05, 0) is 12.8 Å². The van der Waals surface area contributed by atoms with Crippen LogP contribution in [0.4, 0.5) is 0 Å². The van der Waals surface area contributed by atoms with Crippen LogP contribution in [0.2, 0.25) is 0 Å². The molecule has 1 aliphatic carbocycles. The molecule has 1 fully saturated rings. The maximum Gasteiger partial charge on any atom is 0.217 e. The molecular weight excluding hydrogens is 178 g/mol. The third-order valence-corrected chi connectivity index (χ3v) is 4.40. The molecule has 12 heavy (non-hydrogen) atoms. The van der Waals surface area contributed by atoms with Crippen LogP contribution in [-0.4, -0.2) is 24.9 Å². The maximum absolute atomic E-state index is 11.2. The highest BCUT2D eigenvalue weighted by Gasteiger charge is 2.41. The first-order valence-electron chi connectivity index (χ1n) is 4.15. The van der Waals surface area contributed by atoms with Crippen LogP contribution < -0.4 is 5.14 Å². The third-order valence-electron chi connectivity index (χ3n) is 2.66. The summed E-state index contributed by atoms with van der Waals surface area (Å²) in [6.45, 7) is -0.341. The molecule has 0 aliphatic heterocycles. The topological polar surface area (TPSA) is 80.4 Å². The van der Waals surface area contributed by atoms with Gasteiger partial charge in [-0.25, -0.2) is 13.6 Å². The van der Waals surface area contributed by atoms with E-state index in [4.69, 9.17) is 10.2 Å². The molecule has 0 saturated heterocycles. The Kier molecular flexibility index (Phi) is 2.75. The number of aliphatic hydroxyl groups is 1. The van der Waals surface area contributed by atoms with E-state index < -0.39 is 14.8 Å². The molecule has 0 heterocycles. The lowest BCUT2D eigenvalue weighted by Crippen LogP contribution is -2.47. The normalized spacial score (nSPS) is 23.8. The summed E-state index contributed by atoms with van der Waals surface area (Å²) in [6, 6.07) is 0. The molecule has 0 unspecified atom stereocenters. The van der Waals surface area contributed by atoms with E-state index in [2.05, 4.69) is 0 Å². The van der Waals surface area contributed by atoms with E-state index in [-0.39, 0.29) is 6.61 Å². The van der Waals surface area contributed by atoms with E-state index in [1.54, 1.807) is 0 Å². The molecule has 0 aromatic rings. The van der Waals surface area contributed by atoms with Crippen molar-refractivity contribution >= 4 is 10.0 Å². The Hall–Kier alpha value is -0.130. The molecule has 5 heteroatoms. The Bertz CT molecular complexity index is 241. The van der Waals surface area contributed by atoms with Crippen LogP contribution in [-0.2, 0) is 10.0 Å². The molecule has 0 aromatic heterocycles. The molecule has 0 spiro atoms. The van der Waals surface area contributed by atoms with Crippen LogP contribution in [0.15, 0.2) is 0 Å². The molecule has 1 saturated carbocycles. The first kappa shape index (κ1) is 9.95. The van der Waals surface area contributed by atoms with Crippen LogP contribution in [0.5, 0.6) is 0 Å².